The fourth-order valence-electron chi connectivity index (χ4n) is 4.01. The third-order valence-electron chi connectivity index (χ3n) is 5.50. The van der Waals surface area contributed by atoms with Gasteiger partial charge in [-0.3, -0.25) is 0 Å². The number of ether oxygens (including phenoxy) is 4. The molecule has 28 heavy (non-hydrogen) atoms. The molecule has 0 saturated carbocycles. The van der Waals surface area contributed by atoms with Gasteiger partial charge in [0.2, 0.25) is 11.0 Å². The molecule has 4 aromatic rings. The molecule has 0 aliphatic carbocycles. The number of hydrogen-bond acceptors (Lipinski definition) is 4. The van der Waals surface area contributed by atoms with E-state index in [1.807, 2.05) is 24.3 Å². The van der Waals surface area contributed by atoms with Gasteiger partial charge in [-0.1, -0.05) is 6.07 Å². The van der Waals surface area contributed by atoms with Crippen LogP contribution in [0.25, 0.3) is 32.6 Å². The maximum atomic E-state index is 5.55. The molecule has 4 rings (SSSR count). The minimum atomic E-state index is 0.712. The standard InChI is InChI=1S/C23H24NO4/c1-13-15-8-7-14-9-19(25-3)21(27-5)11-17(14)23(15)24(2)18-12-22(28-6)20(26-4)10-16(13)18/h7-12H,1-6H3/q+1. The van der Waals surface area contributed by atoms with E-state index in [2.05, 4.69) is 30.7 Å². The lowest BCUT2D eigenvalue weighted by molar-refractivity contribution is -0.616. The van der Waals surface area contributed by atoms with Crippen molar-refractivity contribution in [2.24, 2.45) is 7.05 Å². The maximum Gasteiger partial charge on any atom is 0.221 e. The highest BCUT2D eigenvalue weighted by Crippen LogP contribution is 2.38. The fraction of sp³-hybridized carbons (Fsp3) is 0.261. The van der Waals surface area contributed by atoms with Crippen LogP contribution in [0.1, 0.15) is 5.56 Å². The molecule has 0 aliphatic rings. The molecule has 0 atom stereocenters. The molecule has 0 bridgehead atoms. The Morgan fingerprint density at radius 2 is 1.18 bits per heavy atom. The Morgan fingerprint density at radius 3 is 1.79 bits per heavy atom. The number of benzene rings is 3. The second kappa shape index (κ2) is 6.75. The molecule has 0 amide bonds. The normalized spacial score (nSPS) is 11.2. The predicted octanol–water partition coefficient (Wildman–Crippen LogP) is 4.31. The van der Waals surface area contributed by atoms with Gasteiger partial charge in [-0.05, 0) is 42.1 Å². The second-order valence-electron chi connectivity index (χ2n) is 6.80. The maximum absolute atomic E-state index is 5.55. The van der Waals surface area contributed by atoms with Crippen molar-refractivity contribution in [3.05, 3.63) is 42.0 Å². The zero-order valence-electron chi connectivity index (χ0n) is 17.0. The van der Waals surface area contributed by atoms with E-state index in [0.717, 1.165) is 38.7 Å². The lowest BCUT2D eigenvalue weighted by atomic mass is 9.98. The van der Waals surface area contributed by atoms with Crippen molar-refractivity contribution in [3.63, 3.8) is 0 Å². The average molecular weight is 378 g/mol. The number of methoxy groups -OCH3 is 4. The number of fused-ring (bicyclic) bond motifs is 4. The Labute approximate surface area is 164 Å². The summed E-state index contributed by atoms with van der Waals surface area (Å²) in [5, 5.41) is 4.52. The van der Waals surface area contributed by atoms with Gasteiger partial charge in [-0.25, -0.2) is 0 Å². The van der Waals surface area contributed by atoms with E-state index in [9.17, 15) is 0 Å². The Kier molecular flexibility index (Phi) is 4.38. The molecule has 0 spiro atoms. The van der Waals surface area contributed by atoms with E-state index in [4.69, 9.17) is 18.9 Å². The SMILES string of the molecule is COc1cc2ccc3c(C)c4cc(OC)c(OC)cc4[n+](C)c3c2cc1OC. The van der Waals surface area contributed by atoms with Crippen LogP contribution < -0.4 is 23.5 Å². The topological polar surface area (TPSA) is 40.8 Å². The number of rotatable bonds is 4. The van der Waals surface area contributed by atoms with Crippen LogP contribution >= 0.6 is 0 Å². The highest BCUT2D eigenvalue weighted by Gasteiger charge is 2.22. The molecule has 0 unspecified atom stereocenters. The Balaban J connectivity index is 2.20. The van der Waals surface area contributed by atoms with Crippen molar-refractivity contribution in [2.45, 2.75) is 6.92 Å². The Morgan fingerprint density at radius 1 is 0.643 bits per heavy atom. The van der Waals surface area contributed by atoms with Crippen molar-refractivity contribution in [2.75, 3.05) is 28.4 Å². The third-order valence-corrected chi connectivity index (χ3v) is 5.50. The summed E-state index contributed by atoms with van der Waals surface area (Å²) >= 11 is 0. The van der Waals surface area contributed by atoms with E-state index >= 15 is 0 Å². The monoisotopic (exact) mass is 378 g/mol. The molecule has 1 heterocycles. The molecule has 144 valence electrons. The first-order valence-electron chi connectivity index (χ1n) is 9.06. The number of aromatic nitrogens is 1. The lowest BCUT2D eigenvalue weighted by Crippen LogP contribution is -2.31. The fourth-order valence-corrected chi connectivity index (χ4v) is 4.01. The lowest BCUT2D eigenvalue weighted by Gasteiger charge is -2.14. The van der Waals surface area contributed by atoms with Gasteiger partial charge in [0.15, 0.2) is 23.0 Å². The molecule has 0 saturated heterocycles. The summed E-state index contributed by atoms with van der Waals surface area (Å²) in [6.07, 6.45) is 0. The van der Waals surface area contributed by atoms with Crippen LogP contribution in [0.4, 0.5) is 0 Å². The van der Waals surface area contributed by atoms with E-state index in [-0.39, 0.29) is 0 Å². The number of aryl methyl sites for hydroxylation is 2. The van der Waals surface area contributed by atoms with Crippen LogP contribution in [-0.2, 0) is 7.05 Å². The first-order chi connectivity index (χ1) is 13.5. The molecule has 0 aliphatic heterocycles. The summed E-state index contributed by atoms with van der Waals surface area (Å²) in [6, 6.07) is 12.4. The van der Waals surface area contributed by atoms with E-state index in [0.29, 0.717) is 11.5 Å². The molecule has 5 heteroatoms. The van der Waals surface area contributed by atoms with Crippen molar-refractivity contribution in [1.29, 1.82) is 0 Å². The van der Waals surface area contributed by atoms with E-state index in [1.165, 1.54) is 10.9 Å². The van der Waals surface area contributed by atoms with Crippen molar-refractivity contribution < 1.29 is 23.5 Å². The summed E-state index contributed by atoms with van der Waals surface area (Å²) < 4.78 is 24.3. The molecular formula is C23H24NO4+. The highest BCUT2D eigenvalue weighted by molar-refractivity contribution is 6.08. The average Bonchev–Trinajstić information content (AvgIpc) is 2.74. The minimum absolute atomic E-state index is 0.712. The van der Waals surface area contributed by atoms with Crippen LogP contribution in [0.2, 0.25) is 0 Å². The quantitative estimate of drug-likeness (QED) is 0.301. The number of hydrogen-bond donors (Lipinski definition) is 0. The molecular weight excluding hydrogens is 354 g/mol. The van der Waals surface area contributed by atoms with Gasteiger partial charge in [-0.15, -0.1) is 0 Å². The van der Waals surface area contributed by atoms with E-state index < -0.39 is 0 Å². The summed E-state index contributed by atoms with van der Waals surface area (Å²) in [6.45, 7) is 2.14. The summed E-state index contributed by atoms with van der Waals surface area (Å²) in [5.74, 6) is 2.88. The summed E-state index contributed by atoms with van der Waals surface area (Å²) in [4.78, 5) is 0. The number of pyridine rings is 1. The van der Waals surface area contributed by atoms with Gasteiger partial charge in [-0.2, -0.15) is 4.57 Å². The third kappa shape index (κ3) is 2.50. The predicted molar refractivity (Wildman–Crippen MR) is 111 cm³/mol. The summed E-state index contributed by atoms with van der Waals surface area (Å²) in [7, 11) is 8.71. The zero-order valence-corrected chi connectivity index (χ0v) is 17.0. The van der Waals surface area contributed by atoms with E-state index in [1.54, 1.807) is 28.4 Å². The van der Waals surface area contributed by atoms with Crippen LogP contribution in [0.5, 0.6) is 23.0 Å². The largest absolute Gasteiger partial charge is 0.493 e. The molecule has 5 nitrogen and oxygen atoms in total. The molecule has 0 radical (unpaired) electrons. The zero-order chi connectivity index (χ0) is 20.0. The van der Waals surface area contributed by atoms with Crippen LogP contribution in [0.3, 0.4) is 0 Å². The minimum Gasteiger partial charge on any atom is -0.493 e. The van der Waals surface area contributed by atoms with Crippen LogP contribution in [-0.4, -0.2) is 28.4 Å². The van der Waals surface area contributed by atoms with Crippen molar-refractivity contribution in [3.8, 4) is 23.0 Å². The first kappa shape index (κ1) is 18.2. The second-order valence-corrected chi connectivity index (χ2v) is 6.80. The van der Waals surface area contributed by atoms with Gasteiger partial charge in [0.05, 0.1) is 50.7 Å². The Bertz CT molecular complexity index is 1230. The van der Waals surface area contributed by atoms with Crippen LogP contribution in [0.15, 0.2) is 36.4 Å². The van der Waals surface area contributed by atoms with Gasteiger partial charge in [0, 0.05) is 0 Å². The number of nitrogens with zero attached hydrogens (tertiary/aromatic N) is 1. The first-order valence-corrected chi connectivity index (χ1v) is 9.06. The van der Waals surface area contributed by atoms with Crippen LogP contribution in [0, 0.1) is 6.92 Å². The molecule has 3 aromatic carbocycles. The van der Waals surface area contributed by atoms with Crippen molar-refractivity contribution in [1.82, 2.24) is 0 Å². The molecule has 0 fully saturated rings. The van der Waals surface area contributed by atoms with Crippen molar-refractivity contribution >= 4 is 32.6 Å². The smallest absolute Gasteiger partial charge is 0.221 e. The van der Waals surface area contributed by atoms with Gasteiger partial charge >= 0.3 is 0 Å². The summed E-state index contributed by atoms with van der Waals surface area (Å²) in [5.41, 5.74) is 3.40. The molecule has 0 N–H and O–H groups in total. The van der Waals surface area contributed by atoms with Gasteiger partial charge in [0.1, 0.15) is 7.05 Å². The molecule has 1 aromatic heterocycles. The Hall–Kier alpha value is -3.21. The van der Waals surface area contributed by atoms with Gasteiger partial charge in [0.25, 0.3) is 0 Å². The van der Waals surface area contributed by atoms with Gasteiger partial charge < -0.3 is 18.9 Å². The highest BCUT2D eigenvalue weighted by atomic mass is 16.5.